The molecular formula is C9H12N2O. The van der Waals surface area contributed by atoms with E-state index in [9.17, 15) is 0 Å². The Balaban J connectivity index is 2.03. The summed E-state index contributed by atoms with van der Waals surface area (Å²) in [4.78, 5) is 4.36. The summed E-state index contributed by atoms with van der Waals surface area (Å²) in [6, 6.07) is 0.763. The lowest BCUT2D eigenvalue weighted by Crippen LogP contribution is -2.12. The van der Waals surface area contributed by atoms with E-state index < -0.39 is 0 Å². The van der Waals surface area contributed by atoms with Gasteiger partial charge in [-0.25, -0.2) is 4.98 Å². The summed E-state index contributed by atoms with van der Waals surface area (Å²) in [5.74, 6) is 0. The van der Waals surface area contributed by atoms with Crippen molar-refractivity contribution in [1.29, 1.82) is 0 Å². The molecule has 12 heavy (non-hydrogen) atoms. The van der Waals surface area contributed by atoms with E-state index in [2.05, 4.69) is 9.55 Å². The van der Waals surface area contributed by atoms with Crippen LogP contribution < -0.4 is 0 Å². The Morgan fingerprint density at radius 2 is 2.42 bits per heavy atom. The van der Waals surface area contributed by atoms with E-state index in [-0.39, 0.29) is 0 Å². The van der Waals surface area contributed by atoms with E-state index in [1.807, 2.05) is 6.33 Å². The van der Waals surface area contributed by atoms with E-state index in [1.165, 1.54) is 18.5 Å². The monoisotopic (exact) mass is 164 g/mol. The van der Waals surface area contributed by atoms with Crippen molar-refractivity contribution in [3.63, 3.8) is 0 Å². The molecule has 0 amide bonds. The summed E-state index contributed by atoms with van der Waals surface area (Å²) >= 11 is 0. The van der Waals surface area contributed by atoms with Crippen molar-refractivity contribution in [2.75, 3.05) is 6.61 Å². The molecule has 0 aromatic carbocycles. The fourth-order valence-electron chi connectivity index (χ4n) is 1.82. The van der Waals surface area contributed by atoms with Crippen molar-refractivity contribution in [2.45, 2.75) is 31.9 Å². The Hall–Kier alpha value is -0.830. The molecule has 1 aromatic heterocycles. The normalized spacial score (nSPS) is 22.3. The first kappa shape index (κ1) is 6.66. The molecular weight excluding hydrogens is 152 g/mol. The van der Waals surface area contributed by atoms with Crippen LogP contribution in [0.15, 0.2) is 6.33 Å². The first-order chi connectivity index (χ1) is 5.95. The Morgan fingerprint density at radius 1 is 1.50 bits per heavy atom. The van der Waals surface area contributed by atoms with Crippen molar-refractivity contribution in [3.8, 4) is 0 Å². The molecule has 1 aliphatic carbocycles. The number of nitrogens with zero attached hydrogens (tertiary/aromatic N) is 2. The summed E-state index contributed by atoms with van der Waals surface area (Å²) in [6.45, 7) is 1.58. The van der Waals surface area contributed by atoms with Crippen LogP contribution in [0.1, 0.15) is 30.3 Å². The van der Waals surface area contributed by atoms with Gasteiger partial charge in [0.25, 0.3) is 0 Å². The molecule has 0 spiro atoms. The second kappa shape index (κ2) is 2.33. The first-order valence-corrected chi connectivity index (χ1v) is 4.57. The topological polar surface area (TPSA) is 27.1 Å². The molecule has 3 rings (SSSR count). The highest BCUT2D eigenvalue weighted by molar-refractivity contribution is 5.16. The fourth-order valence-corrected chi connectivity index (χ4v) is 1.82. The van der Waals surface area contributed by atoms with Gasteiger partial charge in [-0.05, 0) is 12.8 Å². The van der Waals surface area contributed by atoms with Gasteiger partial charge in [-0.1, -0.05) is 0 Å². The van der Waals surface area contributed by atoms with Gasteiger partial charge < -0.3 is 9.30 Å². The molecule has 0 bridgehead atoms. The maximum Gasteiger partial charge on any atom is 0.0955 e. The second-order valence-electron chi connectivity index (χ2n) is 3.58. The van der Waals surface area contributed by atoms with Crippen molar-refractivity contribution in [1.82, 2.24) is 9.55 Å². The van der Waals surface area contributed by atoms with Crippen molar-refractivity contribution in [2.24, 2.45) is 0 Å². The summed E-state index contributed by atoms with van der Waals surface area (Å²) in [5.41, 5.74) is 2.58. The molecule has 1 aliphatic heterocycles. The zero-order valence-corrected chi connectivity index (χ0v) is 6.99. The van der Waals surface area contributed by atoms with Gasteiger partial charge in [0.1, 0.15) is 0 Å². The summed E-state index contributed by atoms with van der Waals surface area (Å²) < 4.78 is 7.68. The molecule has 3 heteroatoms. The van der Waals surface area contributed by atoms with Gasteiger partial charge in [-0.15, -0.1) is 0 Å². The van der Waals surface area contributed by atoms with Crippen LogP contribution in [0, 0.1) is 0 Å². The molecule has 1 saturated carbocycles. The molecule has 2 heterocycles. The fraction of sp³-hybridized carbons (Fsp3) is 0.667. The van der Waals surface area contributed by atoms with Crippen LogP contribution >= 0.6 is 0 Å². The molecule has 0 radical (unpaired) electrons. The Bertz CT molecular complexity index is 301. The molecule has 0 saturated heterocycles. The molecule has 0 atom stereocenters. The number of aromatic nitrogens is 2. The summed E-state index contributed by atoms with van der Waals surface area (Å²) in [6.07, 6.45) is 5.70. The molecule has 2 aliphatic rings. The van der Waals surface area contributed by atoms with E-state index in [4.69, 9.17) is 4.74 Å². The number of rotatable bonds is 1. The maximum absolute atomic E-state index is 5.33. The van der Waals surface area contributed by atoms with Gasteiger partial charge in [-0.3, -0.25) is 0 Å². The van der Waals surface area contributed by atoms with E-state index in [1.54, 1.807) is 0 Å². The van der Waals surface area contributed by atoms with Gasteiger partial charge in [0.15, 0.2) is 0 Å². The predicted molar refractivity (Wildman–Crippen MR) is 43.9 cm³/mol. The smallest absolute Gasteiger partial charge is 0.0955 e. The average molecular weight is 164 g/mol. The number of hydrogen-bond acceptors (Lipinski definition) is 2. The molecule has 0 unspecified atom stereocenters. The van der Waals surface area contributed by atoms with Crippen LogP contribution in [0.5, 0.6) is 0 Å². The van der Waals surface area contributed by atoms with Crippen molar-refractivity contribution < 1.29 is 4.74 Å². The quantitative estimate of drug-likeness (QED) is 0.625. The third kappa shape index (κ3) is 0.894. The predicted octanol–water partition coefficient (Wildman–Crippen LogP) is 1.29. The van der Waals surface area contributed by atoms with Gasteiger partial charge in [-0.2, -0.15) is 0 Å². The highest BCUT2D eigenvalue weighted by Gasteiger charge is 2.27. The lowest BCUT2D eigenvalue weighted by molar-refractivity contribution is 0.106. The number of imidazole rings is 1. The number of ether oxygens (including phenoxy) is 1. The largest absolute Gasteiger partial charge is 0.375 e. The maximum atomic E-state index is 5.33. The second-order valence-corrected chi connectivity index (χ2v) is 3.58. The third-order valence-electron chi connectivity index (χ3n) is 2.65. The van der Waals surface area contributed by atoms with Crippen LogP contribution in [0.3, 0.4) is 0 Å². The van der Waals surface area contributed by atoms with Crippen LogP contribution in [0.4, 0.5) is 0 Å². The summed E-state index contributed by atoms with van der Waals surface area (Å²) in [7, 11) is 0. The standard InChI is InChI=1S/C9H12N2O/c1-2-7(1)11-6-10-8-5-12-4-3-9(8)11/h6-7H,1-5H2. The first-order valence-electron chi connectivity index (χ1n) is 4.57. The molecule has 3 nitrogen and oxygen atoms in total. The highest BCUT2D eigenvalue weighted by atomic mass is 16.5. The van der Waals surface area contributed by atoms with Crippen LogP contribution in [-0.2, 0) is 17.8 Å². The number of fused-ring (bicyclic) bond motifs is 1. The van der Waals surface area contributed by atoms with Gasteiger partial charge >= 0.3 is 0 Å². The average Bonchev–Trinajstić information content (AvgIpc) is 2.86. The Morgan fingerprint density at radius 3 is 3.25 bits per heavy atom. The van der Waals surface area contributed by atoms with Gasteiger partial charge in [0.2, 0.25) is 0 Å². The van der Waals surface area contributed by atoms with Crippen LogP contribution in [0.2, 0.25) is 0 Å². The number of hydrogen-bond donors (Lipinski definition) is 0. The molecule has 1 fully saturated rings. The van der Waals surface area contributed by atoms with Gasteiger partial charge in [0.05, 0.1) is 25.2 Å². The SMILES string of the molecule is c1nc2c(n1C1CC1)CCOC2. The van der Waals surface area contributed by atoms with E-state index in [0.29, 0.717) is 0 Å². The minimum Gasteiger partial charge on any atom is -0.375 e. The minimum absolute atomic E-state index is 0.717. The lowest BCUT2D eigenvalue weighted by atomic mass is 10.2. The Labute approximate surface area is 71.4 Å². The van der Waals surface area contributed by atoms with Gasteiger partial charge in [0, 0.05) is 18.2 Å². The van der Waals surface area contributed by atoms with Crippen molar-refractivity contribution >= 4 is 0 Å². The van der Waals surface area contributed by atoms with Crippen molar-refractivity contribution in [3.05, 3.63) is 17.7 Å². The van der Waals surface area contributed by atoms with Crippen LogP contribution in [-0.4, -0.2) is 16.2 Å². The zero-order valence-electron chi connectivity index (χ0n) is 6.99. The van der Waals surface area contributed by atoms with E-state index >= 15 is 0 Å². The molecule has 0 N–H and O–H groups in total. The van der Waals surface area contributed by atoms with Crippen LogP contribution in [0.25, 0.3) is 0 Å². The molecule has 1 aromatic rings. The zero-order chi connectivity index (χ0) is 7.97. The highest BCUT2D eigenvalue weighted by Crippen LogP contribution is 2.37. The van der Waals surface area contributed by atoms with E-state index in [0.717, 1.165) is 31.4 Å². The third-order valence-corrected chi connectivity index (χ3v) is 2.65. The Kier molecular flexibility index (Phi) is 1.29. The lowest BCUT2D eigenvalue weighted by Gasteiger charge is -2.13. The molecule has 64 valence electrons. The summed E-state index contributed by atoms with van der Waals surface area (Å²) in [5, 5.41) is 0. The minimum atomic E-state index is 0.717.